The van der Waals surface area contributed by atoms with Crippen molar-refractivity contribution < 1.29 is 4.79 Å². The number of nitrogen functional groups attached to an aromatic ring is 1. The number of nitrogens with two attached hydrogens (primary N) is 1. The van der Waals surface area contributed by atoms with Gasteiger partial charge in [0.15, 0.2) is 5.78 Å². The van der Waals surface area contributed by atoms with Crippen LogP contribution < -0.4 is 5.73 Å². The molecule has 1 fully saturated rings. The Morgan fingerprint density at radius 2 is 1.94 bits per heavy atom. The minimum absolute atomic E-state index is 0.196. The van der Waals surface area contributed by atoms with Crippen LogP contribution in [0, 0.1) is 11.8 Å². The monoisotopic (exact) mass is 309 g/mol. The van der Waals surface area contributed by atoms with E-state index in [2.05, 4.69) is 22.9 Å². The van der Waals surface area contributed by atoms with E-state index in [1.54, 1.807) is 6.07 Å². The van der Waals surface area contributed by atoms with Crippen molar-refractivity contribution in [2.75, 3.05) is 5.73 Å². The van der Waals surface area contributed by atoms with Crippen LogP contribution in [-0.4, -0.2) is 5.78 Å². The minimum atomic E-state index is 0.196. The lowest BCUT2D eigenvalue weighted by Crippen LogP contribution is -2.21. The number of rotatable bonds is 3. The fourth-order valence-corrected chi connectivity index (χ4v) is 3.33. The van der Waals surface area contributed by atoms with Crippen molar-refractivity contribution in [3.05, 3.63) is 28.2 Å². The summed E-state index contributed by atoms with van der Waals surface area (Å²) in [6.07, 6.45) is 5.69. The maximum Gasteiger partial charge on any atom is 0.166 e. The fraction of sp³-hybridized carbons (Fsp3) is 0.533. The smallest absolute Gasteiger partial charge is 0.166 e. The summed E-state index contributed by atoms with van der Waals surface area (Å²) in [6, 6.07) is 5.49. The molecule has 18 heavy (non-hydrogen) atoms. The highest BCUT2D eigenvalue weighted by molar-refractivity contribution is 9.10. The first-order valence-electron chi connectivity index (χ1n) is 6.70. The Morgan fingerprint density at radius 1 is 1.28 bits per heavy atom. The molecule has 98 valence electrons. The zero-order valence-electron chi connectivity index (χ0n) is 10.8. The van der Waals surface area contributed by atoms with Gasteiger partial charge in [-0.1, -0.05) is 29.3 Å². The van der Waals surface area contributed by atoms with Gasteiger partial charge in [0.05, 0.1) is 0 Å². The molecule has 0 unspecified atom stereocenters. The van der Waals surface area contributed by atoms with Crippen molar-refractivity contribution in [2.45, 2.75) is 39.0 Å². The van der Waals surface area contributed by atoms with Crippen LogP contribution in [0.3, 0.4) is 0 Å². The summed E-state index contributed by atoms with van der Waals surface area (Å²) >= 11 is 3.39. The summed E-state index contributed by atoms with van der Waals surface area (Å²) in [4.78, 5) is 12.4. The van der Waals surface area contributed by atoms with Gasteiger partial charge >= 0.3 is 0 Å². The van der Waals surface area contributed by atoms with Crippen LogP contribution in [0.2, 0.25) is 0 Å². The standard InChI is InChI=1S/C15H20BrNO/c1-2-10-3-5-11(6-4-10)15(18)12-7-13(16)9-14(17)8-12/h7-11H,2-6,17H2,1H3. The van der Waals surface area contributed by atoms with Crippen molar-refractivity contribution in [2.24, 2.45) is 11.8 Å². The summed E-state index contributed by atoms with van der Waals surface area (Å²) in [5.74, 6) is 1.28. The van der Waals surface area contributed by atoms with E-state index in [9.17, 15) is 4.79 Å². The van der Waals surface area contributed by atoms with Crippen LogP contribution >= 0.6 is 15.9 Å². The van der Waals surface area contributed by atoms with Gasteiger partial charge in [-0.05, 0) is 49.8 Å². The molecule has 1 aromatic rings. The number of Topliss-reactive ketones (excluding diaryl/α,β-unsaturated/α-hetero) is 1. The van der Waals surface area contributed by atoms with Crippen LogP contribution in [0.1, 0.15) is 49.4 Å². The van der Waals surface area contributed by atoms with E-state index in [1.807, 2.05) is 12.1 Å². The van der Waals surface area contributed by atoms with Gasteiger partial charge in [-0.3, -0.25) is 4.79 Å². The highest BCUT2D eigenvalue weighted by atomic mass is 79.9. The summed E-state index contributed by atoms with van der Waals surface area (Å²) in [5.41, 5.74) is 7.19. The Labute approximate surface area is 117 Å². The molecule has 0 heterocycles. The molecule has 0 spiro atoms. The van der Waals surface area contributed by atoms with Gasteiger partial charge in [-0.2, -0.15) is 0 Å². The zero-order valence-corrected chi connectivity index (χ0v) is 12.4. The maximum absolute atomic E-state index is 12.4. The normalized spacial score (nSPS) is 23.9. The van der Waals surface area contributed by atoms with Crippen molar-refractivity contribution >= 4 is 27.4 Å². The molecule has 0 amide bonds. The van der Waals surface area contributed by atoms with Crippen molar-refractivity contribution in [3.63, 3.8) is 0 Å². The Kier molecular flexibility index (Phi) is 4.44. The molecular weight excluding hydrogens is 290 g/mol. The number of anilines is 1. The first-order chi connectivity index (χ1) is 8.60. The largest absolute Gasteiger partial charge is 0.399 e. The van der Waals surface area contributed by atoms with Gasteiger partial charge < -0.3 is 5.73 Å². The van der Waals surface area contributed by atoms with E-state index in [1.165, 1.54) is 19.3 Å². The average molecular weight is 310 g/mol. The number of benzene rings is 1. The Balaban J connectivity index is 2.07. The van der Waals surface area contributed by atoms with Gasteiger partial charge in [-0.25, -0.2) is 0 Å². The summed E-state index contributed by atoms with van der Waals surface area (Å²) in [5, 5.41) is 0. The predicted octanol–water partition coefficient (Wildman–Crippen LogP) is 4.43. The van der Waals surface area contributed by atoms with E-state index in [-0.39, 0.29) is 11.7 Å². The van der Waals surface area contributed by atoms with Crippen LogP contribution in [-0.2, 0) is 0 Å². The minimum Gasteiger partial charge on any atom is -0.399 e. The summed E-state index contributed by atoms with van der Waals surface area (Å²) < 4.78 is 0.882. The van der Waals surface area contributed by atoms with Gasteiger partial charge in [0.25, 0.3) is 0 Å². The number of hydrogen-bond donors (Lipinski definition) is 1. The third-order valence-corrected chi connectivity index (χ3v) is 4.46. The van der Waals surface area contributed by atoms with Gasteiger partial charge in [0.2, 0.25) is 0 Å². The second-order valence-corrected chi connectivity index (χ2v) is 6.18. The van der Waals surface area contributed by atoms with E-state index in [0.717, 1.165) is 28.8 Å². The van der Waals surface area contributed by atoms with E-state index >= 15 is 0 Å². The van der Waals surface area contributed by atoms with Crippen LogP contribution in [0.4, 0.5) is 5.69 Å². The van der Waals surface area contributed by atoms with Crippen LogP contribution in [0.15, 0.2) is 22.7 Å². The lowest BCUT2D eigenvalue weighted by molar-refractivity contribution is 0.0871. The topological polar surface area (TPSA) is 43.1 Å². The molecule has 1 aromatic carbocycles. The molecule has 2 rings (SSSR count). The molecule has 1 aliphatic rings. The second kappa shape index (κ2) is 5.87. The third-order valence-electron chi connectivity index (χ3n) is 4.00. The van der Waals surface area contributed by atoms with E-state index < -0.39 is 0 Å². The first kappa shape index (κ1) is 13.6. The molecular formula is C15H20BrNO. The van der Waals surface area contributed by atoms with Crippen molar-refractivity contribution in [1.82, 2.24) is 0 Å². The fourth-order valence-electron chi connectivity index (χ4n) is 2.82. The number of ketones is 1. The third kappa shape index (κ3) is 3.14. The van der Waals surface area contributed by atoms with Gasteiger partial charge in [0, 0.05) is 21.6 Å². The molecule has 0 radical (unpaired) electrons. The summed E-state index contributed by atoms with van der Waals surface area (Å²) in [6.45, 7) is 2.24. The molecule has 3 heteroatoms. The number of carbonyl (C=O) groups is 1. The van der Waals surface area contributed by atoms with E-state index in [4.69, 9.17) is 5.73 Å². The number of halogens is 1. The molecule has 0 bridgehead atoms. The molecule has 2 N–H and O–H groups in total. The first-order valence-corrected chi connectivity index (χ1v) is 7.49. The molecule has 1 saturated carbocycles. The molecule has 0 aliphatic heterocycles. The highest BCUT2D eigenvalue weighted by Gasteiger charge is 2.26. The lowest BCUT2D eigenvalue weighted by atomic mass is 9.78. The molecule has 0 aromatic heterocycles. The van der Waals surface area contributed by atoms with Crippen molar-refractivity contribution in [3.8, 4) is 0 Å². The second-order valence-electron chi connectivity index (χ2n) is 5.26. The Hall–Kier alpha value is -0.830. The number of hydrogen-bond acceptors (Lipinski definition) is 2. The molecule has 0 saturated heterocycles. The average Bonchev–Trinajstić information content (AvgIpc) is 2.37. The zero-order chi connectivity index (χ0) is 13.1. The molecule has 1 aliphatic carbocycles. The Morgan fingerprint density at radius 3 is 2.50 bits per heavy atom. The Bertz CT molecular complexity index is 416. The van der Waals surface area contributed by atoms with Crippen LogP contribution in [0.25, 0.3) is 0 Å². The molecule has 0 atom stereocenters. The van der Waals surface area contributed by atoms with Gasteiger partial charge in [0.1, 0.15) is 0 Å². The predicted molar refractivity (Wildman–Crippen MR) is 78.6 cm³/mol. The molecule has 2 nitrogen and oxygen atoms in total. The lowest BCUT2D eigenvalue weighted by Gasteiger charge is -2.26. The summed E-state index contributed by atoms with van der Waals surface area (Å²) in [7, 11) is 0. The van der Waals surface area contributed by atoms with Crippen LogP contribution in [0.5, 0.6) is 0 Å². The quantitative estimate of drug-likeness (QED) is 0.663. The number of carbonyl (C=O) groups excluding carboxylic acids is 1. The highest BCUT2D eigenvalue weighted by Crippen LogP contribution is 2.33. The van der Waals surface area contributed by atoms with Gasteiger partial charge in [-0.15, -0.1) is 0 Å². The maximum atomic E-state index is 12.4. The SMILES string of the molecule is CCC1CCC(C(=O)c2cc(N)cc(Br)c2)CC1. The van der Waals surface area contributed by atoms with Crippen molar-refractivity contribution in [1.29, 1.82) is 0 Å². The van der Waals surface area contributed by atoms with E-state index in [0.29, 0.717) is 5.69 Å².